The van der Waals surface area contributed by atoms with Crippen LogP contribution in [-0.2, 0) is 11.3 Å². The third-order valence-electron chi connectivity index (χ3n) is 2.81. The second kappa shape index (κ2) is 9.10. The van der Waals surface area contributed by atoms with Crippen LogP contribution < -0.4 is 0 Å². The van der Waals surface area contributed by atoms with Crippen molar-refractivity contribution in [3.8, 4) is 0 Å². The van der Waals surface area contributed by atoms with Crippen molar-refractivity contribution in [3.05, 3.63) is 60.7 Å². The number of esters is 1. The van der Waals surface area contributed by atoms with Gasteiger partial charge in [0.2, 0.25) is 0 Å². The zero-order valence-corrected chi connectivity index (χ0v) is 12.2. The van der Waals surface area contributed by atoms with Gasteiger partial charge in [-0.3, -0.25) is 4.90 Å². The zero-order chi connectivity index (χ0) is 14.8. The minimum Gasteiger partial charge on any atom is -0.462 e. The van der Waals surface area contributed by atoms with Crippen LogP contribution in [0.25, 0.3) is 0 Å². The maximum atomic E-state index is 11.7. The summed E-state index contributed by atoms with van der Waals surface area (Å²) in [6.07, 6.45) is 4.59. The SMILES string of the molecule is C=CCN(CC=C)Cc1ccc(C(=O)OCCC)cc1. The maximum Gasteiger partial charge on any atom is 0.338 e. The standard InChI is InChI=1S/C17H23NO2/c1-4-11-18(12-5-2)14-15-7-9-16(10-8-15)17(19)20-13-6-3/h4-5,7-10H,1-2,6,11-14H2,3H3. The summed E-state index contributed by atoms with van der Waals surface area (Å²) in [6, 6.07) is 7.55. The van der Waals surface area contributed by atoms with Crippen molar-refractivity contribution < 1.29 is 9.53 Å². The molecule has 0 N–H and O–H groups in total. The molecule has 0 fully saturated rings. The summed E-state index contributed by atoms with van der Waals surface area (Å²) in [5.74, 6) is -0.257. The second-order valence-electron chi connectivity index (χ2n) is 4.60. The summed E-state index contributed by atoms with van der Waals surface area (Å²) < 4.78 is 5.10. The van der Waals surface area contributed by atoms with Gasteiger partial charge < -0.3 is 4.74 Å². The van der Waals surface area contributed by atoms with Gasteiger partial charge in [0.05, 0.1) is 12.2 Å². The van der Waals surface area contributed by atoms with Gasteiger partial charge in [-0.25, -0.2) is 4.79 Å². The van der Waals surface area contributed by atoms with E-state index in [1.807, 2.05) is 43.3 Å². The first-order valence-corrected chi connectivity index (χ1v) is 6.91. The fourth-order valence-corrected chi connectivity index (χ4v) is 1.85. The molecular weight excluding hydrogens is 250 g/mol. The molecule has 0 radical (unpaired) electrons. The van der Waals surface area contributed by atoms with Crippen LogP contribution in [0.2, 0.25) is 0 Å². The molecule has 0 spiro atoms. The summed E-state index contributed by atoms with van der Waals surface area (Å²) in [5.41, 5.74) is 1.75. The van der Waals surface area contributed by atoms with Crippen molar-refractivity contribution in [2.24, 2.45) is 0 Å². The Kier molecular flexibility index (Phi) is 7.36. The minimum atomic E-state index is -0.257. The molecule has 1 aromatic carbocycles. The highest BCUT2D eigenvalue weighted by molar-refractivity contribution is 5.89. The molecule has 1 aromatic rings. The molecule has 3 heteroatoms. The van der Waals surface area contributed by atoms with Crippen LogP contribution in [0, 0.1) is 0 Å². The molecule has 0 aliphatic rings. The van der Waals surface area contributed by atoms with Gasteiger partial charge in [0.15, 0.2) is 0 Å². The van der Waals surface area contributed by atoms with E-state index in [-0.39, 0.29) is 5.97 Å². The molecule has 0 saturated carbocycles. The van der Waals surface area contributed by atoms with Gasteiger partial charge in [-0.2, -0.15) is 0 Å². The van der Waals surface area contributed by atoms with Gasteiger partial charge in [0.1, 0.15) is 0 Å². The van der Waals surface area contributed by atoms with E-state index in [9.17, 15) is 4.79 Å². The lowest BCUT2D eigenvalue weighted by Crippen LogP contribution is -2.23. The van der Waals surface area contributed by atoms with Crippen LogP contribution in [0.15, 0.2) is 49.6 Å². The predicted molar refractivity (Wildman–Crippen MR) is 82.7 cm³/mol. The fraction of sp³-hybridized carbons (Fsp3) is 0.353. The largest absolute Gasteiger partial charge is 0.462 e. The number of carbonyl (C=O) groups excluding carboxylic acids is 1. The van der Waals surface area contributed by atoms with E-state index in [2.05, 4.69) is 18.1 Å². The zero-order valence-electron chi connectivity index (χ0n) is 12.2. The molecule has 20 heavy (non-hydrogen) atoms. The monoisotopic (exact) mass is 273 g/mol. The average Bonchev–Trinajstić information content (AvgIpc) is 2.46. The van der Waals surface area contributed by atoms with Crippen LogP contribution >= 0.6 is 0 Å². The topological polar surface area (TPSA) is 29.5 Å². The number of carbonyl (C=O) groups is 1. The molecule has 0 bridgehead atoms. The van der Waals surface area contributed by atoms with Crippen molar-refractivity contribution in [3.63, 3.8) is 0 Å². The highest BCUT2D eigenvalue weighted by Crippen LogP contribution is 2.09. The van der Waals surface area contributed by atoms with Crippen molar-refractivity contribution in [2.75, 3.05) is 19.7 Å². The Hall–Kier alpha value is -1.87. The van der Waals surface area contributed by atoms with E-state index in [1.54, 1.807) is 0 Å². The second-order valence-corrected chi connectivity index (χ2v) is 4.60. The Morgan fingerprint density at radius 2 is 1.80 bits per heavy atom. The first-order valence-electron chi connectivity index (χ1n) is 6.91. The number of rotatable bonds is 9. The summed E-state index contributed by atoms with van der Waals surface area (Å²) in [4.78, 5) is 13.9. The molecule has 0 aromatic heterocycles. The Labute approximate surface area is 121 Å². The van der Waals surface area contributed by atoms with Gasteiger partial charge in [-0.05, 0) is 24.1 Å². The van der Waals surface area contributed by atoms with Crippen molar-refractivity contribution >= 4 is 5.97 Å². The number of hydrogen-bond donors (Lipinski definition) is 0. The Morgan fingerprint density at radius 1 is 1.20 bits per heavy atom. The van der Waals surface area contributed by atoms with E-state index >= 15 is 0 Å². The van der Waals surface area contributed by atoms with Crippen LogP contribution in [0.4, 0.5) is 0 Å². The van der Waals surface area contributed by atoms with Crippen LogP contribution in [-0.4, -0.2) is 30.6 Å². The third-order valence-corrected chi connectivity index (χ3v) is 2.81. The van der Waals surface area contributed by atoms with E-state index in [0.29, 0.717) is 12.2 Å². The first kappa shape index (κ1) is 16.2. The molecule has 108 valence electrons. The van der Waals surface area contributed by atoms with Crippen LogP contribution in [0.3, 0.4) is 0 Å². The van der Waals surface area contributed by atoms with Crippen LogP contribution in [0.1, 0.15) is 29.3 Å². The van der Waals surface area contributed by atoms with Crippen LogP contribution in [0.5, 0.6) is 0 Å². The van der Waals surface area contributed by atoms with Crippen molar-refractivity contribution in [1.82, 2.24) is 4.90 Å². The highest BCUT2D eigenvalue weighted by Gasteiger charge is 2.07. The molecule has 0 unspecified atom stereocenters. The third kappa shape index (κ3) is 5.41. The highest BCUT2D eigenvalue weighted by atomic mass is 16.5. The van der Waals surface area contributed by atoms with E-state index < -0.39 is 0 Å². The number of nitrogens with zero attached hydrogens (tertiary/aromatic N) is 1. The van der Waals surface area contributed by atoms with Gasteiger partial charge >= 0.3 is 5.97 Å². The van der Waals surface area contributed by atoms with Crippen molar-refractivity contribution in [1.29, 1.82) is 0 Å². The van der Waals surface area contributed by atoms with Gasteiger partial charge in [0.25, 0.3) is 0 Å². The lowest BCUT2D eigenvalue weighted by atomic mass is 10.1. The molecular formula is C17H23NO2. The van der Waals surface area contributed by atoms with Crippen molar-refractivity contribution in [2.45, 2.75) is 19.9 Å². The Balaban J connectivity index is 2.62. The van der Waals surface area contributed by atoms with Gasteiger partial charge in [-0.1, -0.05) is 31.2 Å². The first-order chi connectivity index (χ1) is 9.71. The Bertz CT molecular complexity index is 427. The fourth-order valence-electron chi connectivity index (χ4n) is 1.85. The average molecular weight is 273 g/mol. The molecule has 0 heterocycles. The van der Waals surface area contributed by atoms with E-state index in [1.165, 1.54) is 0 Å². The van der Waals surface area contributed by atoms with E-state index in [4.69, 9.17) is 4.74 Å². The van der Waals surface area contributed by atoms with Gasteiger partial charge in [-0.15, -0.1) is 13.2 Å². The molecule has 0 atom stereocenters. The van der Waals surface area contributed by atoms with E-state index in [0.717, 1.165) is 31.6 Å². The molecule has 3 nitrogen and oxygen atoms in total. The molecule has 0 aliphatic heterocycles. The molecule has 0 aliphatic carbocycles. The predicted octanol–water partition coefficient (Wildman–Crippen LogP) is 3.43. The maximum absolute atomic E-state index is 11.7. The molecule has 0 amide bonds. The number of ether oxygens (including phenoxy) is 1. The normalized spacial score (nSPS) is 10.3. The Morgan fingerprint density at radius 3 is 2.30 bits per heavy atom. The lowest BCUT2D eigenvalue weighted by Gasteiger charge is -2.18. The summed E-state index contributed by atoms with van der Waals surface area (Å²) in [7, 11) is 0. The smallest absolute Gasteiger partial charge is 0.338 e. The summed E-state index contributed by atoms with van der Waals surface area (Å²) in [5, 5.41) is 0. The molecule has 1 rings (SSSR count). The summed E-state index contributed by atoms with van der Waals surface area (Å²) >= 11 is 0. The summed E-state index contributed by atoms with van der Waals surface area (Å²) in [6.45, 7) is 12.4. The van der Waals surface area contributed by atoms with Gasteiger partial charge in [0, 0.05) is 19.6 Å². The quantitative estimate of drug-likeness (QED) is 0.510. The number of hydrogen-bond acceptors (Lipinski definition) is 3. The molecule has 0 saturated heterocycles. The lowest BCUT2D eigenvalue weighted by molar-refractivity contribution is 0.0505. The number of benzene rings is 1. The minimum absolute atomic E-state index is 0.257.